The minimum absolute atomic E-state index is 0.109. The Kier molecular flexibility index (Phi) is 5.71. The van der Waals surface area contributed by atoms with Crippen LogP contribution in [0.3, 0.4) is 0 Å². The number of carbonyl (C=O) groups is 1. The molecule has 5 nitrogen and oxygen atoms in total. The molecule has 0 atom stereocenters. The normalized spacial score (nSPS) is 11.0. The van der Waals surface area contributed by atoms with Gasteiger partial charge in [-0.1, -0.05) is 53.7 Å². The van der Waals surface area contributed by atoms with E-state index in [-0.39, 0.29) is 17.2 Å². The maximum absolute atomic E-state index is 12.8. The Labute approximate surface area is 180 Å². The lowest BCUT2D eigenvalue weighted by atomic mass is 10.1. The molecule has 0 saturated carbocycles. The molecule has 0 spiro atoms. The third-order valence-electron chi connectivity index (χ3n) is 4.30. The lowest BCUT2D eigenvalue weighted by Gasteiger charge is -2.09. The number of carbonyl (C=O) groups excluding carboxylic acids is 1. The van der Waals surface area contributed by atoms with Crippen LogP contribution < -0.4 is 10.9 Å². The third-order valence-corrected chi connectivity index (χ3v) is 6.54. The number of hydrogen-bond acceptors (Lipinski definition) is 5. The molecule has 146 valence electrons. The summed E-state index contributed by atoms with van der Waals surface area (Å²) in [5, 5.41) is 5.88. The van der Waals surface area contributed by atoms with E-state index in [0.717, 1.165) is 11.1 Å². The van der Waals surface area contributed by atoms with Gasteiger partial charge < -0.3 is 5.32 Å². The van der Waals surface area contributed by atoms with E-state index >= 15 is 0 Å². The minimum atomic E-state index is -0.180. The fourth-order valence-corrected chi connectivity index (χ4v) is 4.72. The highest BCUT2D eigenvalue weighted by molar-refractivity contribution is 7.99. The monoisotopic (exact) mass is 441 g/mol. The second-order valence-corrected chi connectivity index (χ2v) is 8.55. The van der Waals surface area contributed by atoms with Gasteiger partial charge in [0.05, 0.1) is 11.3 Å². The number of benzene rings is 2. The van der Waals surface area contributed by atoms with E-state index < -0.39 is 0 Å². The first kappa shape index (κ1) is 19.7. The summed E-state index contributed by atoms with van der Waals surface area (Å²) < 4.78 is 2.11. The molecule has 0 bridgehead atoms. The lowest BCUT2D eigenvalue weighted by molar-refractivity contribution is -0.113. The van der Waals surface area contributed by atoms with Gasteiger partial charge in [-0.2, -0.15) is 0 Å². The summed E-state index contributed by atoms with van der Waals surface area (Å²) in [5.74, 6) is -0.0422. The molecule has 2 heterocycles. The third kappa shape index (κ3) is 4.22. The number of anilines is 1. The Morgan fingerprint density at radius 1 is 1.17 bits per heavy atom. The molecule has 0 aliphatic heterocycles. The predicted molar refractivity (Wildman–Crippen MR) is 121 cm³/mol. The highest BCUT2D eigenvalue weighted by Crippen LogP contribution is 2.32. The van der Waals surface area contributed by atoms with Gasteiger partial charge in [0.25, 0.3) is 5.56 Å². The highest BCUT2D eigenvalue weighted by atomic mass is 35.5. The van der Waals surface area contributed by atoms with Crippen LogP contribution >= 0.6 is 34.7 Å². The van der Waals surface area contributed by atoms with Crippen molar-refractivity contribution in [1.82, 2.24) is 9.55 Å². The van der Waals surface area contributed by atoms with Gasteiger partial charge in [0.1, 0.15) is 4.70 Å². The average Bonchev–Trinajstić information content (AvgIpc) is 3.16. The fraction of sp³-hybridized carbons (Fsp3) is 0.0952. The van der Waals surface area contributed by atoms with Crippen LogP contribution in [0.2, 0.25) is 5.02 Å². The molecule has 8 heteroatoms. The average molecular weight is 442 g/mol. The van der Waals surface area contributed by atoms with Crippen LogP contribution in [-0.2, 0) is 11.8 Å². The van der Waals surface area contributed by atoms with Crippen LogP contribution in [0.25, 0.3) is 21.3 Å². The summed E-state index contributed by atoms with van der Waals surface area (Å²) in [6.45, 7) is 0. The molecule has 2 aromatic heterocycles. The van der Waals surface area contributed by atoms with Crippen molar-refractivity contribution >= 4 is 56.5 Å². The van der Waals surface area contributed by atoms with Crippen molar-refractivity contribution in [1.29, 1.82) is 0 Å². The Hall–Kier alpha value is -2.61. The Bertz CT molecular complexity index is 1230. The summed E-state index contributed by atoms with van der Waals surface area (Å²) in [6.07, 6.45) is 0. The van der Waals surface area contributed by atoms with Gasteiger partial charge >= 0.3 is 0 Å². The van der Waals surface area contributed by atoms with Gasteiger partial charge in [0.15, 0.2) is 5.16 Å². The molecule has 1 amide bonds. The highest BCUT2D eigenvalue weighted by Gasteiger charge is 2.16. The summed E-state index contributed by atoms with van der Waals surface area (Å²) in [4.78, 5) is 29.8. The Balaban J connectivity index is 1.58. The van der Waals surface area contributed by atoms with E-state index in [9.17, 15) is 9.59 Å². The molecular formula is C21H16ClN3O2S2. The van der Waals surface area contributed by atoms with Gasteiger partial charge in [0, 0.05) is 28.7 Å². The van der Waals surface area contributed by atoms with Crippen LogP contribution in [0.5, 0.6) is 0 Å². The van der Waals surface area contributed by atoms with Crippen LogP contribution in [0.4, 0.5) is 5.69 Å². The van der Waals surface area contributed by atoms with E-state index in [4.69, 9.17) is 16.6 Å². The number of nitrogens with zero attached hydrogens (tertiary/aromatic N) is 2. The number of thioether (sulfide) groups is 1. The summed E-state index contributed by atoms with van der Waals surface area (Å²) in [6, 6.07) is 16.7. The zero-order valence-corrected chi connectivity index (χ0v) is 17.8. The van der Waals surface area contributed by atoms with Gasteiger partial charge in [-0.05, 0) is 29.8 Å². The first-order valence-electron chi connectivity index (χ1n) is 8.75. The fourth-order valence-electron chi connectivity index (χ4n) is 2.84. The number of halogens is 1. The van der Waals surface area contributed by atoms with Crippen LogP contribution in [0.1, 0.15) is 0 Å². The lowest BCUT2D eigenvalue weighted by Crippen LogP contribution is -2.20. The summed E-state index contributed by atoms with van der Waals surface area (Å²) >= 11 is 8.48. The maximum Gasteiger partial charge on any atom is 0.271 e. The summed E-state index contributed by atoms with van der Waals surface area (Å²) in [5.41, 5.74) is 3.17. The van der Waals surface area contributed by atoms with E-state index in [1.165, 1.54) is 27.7 Å². The topological polar surface area (TPSA) is 64.0 Å². The zero-order valence-electron chi connectivity index (χ0n) is 15.4. The molecule has 29 heavy (non-hydrogen) atoms. The molecule has 4 rings (SSSR count). The van der Waals surface area contributed by atoms with E-state index in [0.29, 0.717) is 26.1 Å². The number of hydrogen-bond donors (Lipinski definition) is 1. The molecular weight excluding hydrogens is 426 g/mol. The smallest absolute Gasteiger partial charge is 0.271 e. The number of fused-ring (bicyclic) bond motifs is 1. The molecule has 0 aliphatic rings. The van der Waals surface area contributed by atoms with E-state index in [1.54, 1.807) is 31.3 Å². The van der Waals surface area contributed by atoms with Gasteiger partial charge in [-0.3, -0.25) is 14.2 Å². The first-order chi connectivity index (χ1) is 14.0. The predicted octanol–water partition coefficient (Wildman–Crippen LogP) is 5.05. The second kappa shape index (κ2) is 8.41. The van der Waals surface area contributed by atoms with Crippen LogP contribution in [0.15, 0.2) is 69.9 Å². The molecule has 0 saturated heterocycles. The number of aromatic nitrogens is 2. The van der Waals surface area contributed by atoms with Crippen molar-refractivity contribution in [3.63, 3.8) is 0 Å². The number of thiophene rings is 1. The molecule has 0 fully saturated rings. The van der Waals surface area contributed by atoms with E-state index in [2.05, 4.69) is 5.32 Å². The number of nitrogens with one attached hydrogen (secondary N) is 1. The Morgan fingerprint density at radius 2 is 1.90 bits per heavy atom. The van der Waals surface area contributed by atoms with Crippen molar-refractivity contribution in [2.45, 2.75) is 5.16 Å². The van der Waals surface area contributed by atoms with Gasteiger partial charge in [-0.15, -0.1) is 11.3 Å². The molecule has 2 aromatic carbocycles. The molecule has 0 aliphatic carbocycles. The van der Waals surface area contributed by atoms with Gasteiger partial charge in [0.2, 0.25) is 5.91 Å². The van der Waals surface area contributed by atoms with Crippen molar-refractivity contribution in [3.8, 4) is 11.1 Å². The minimum Gasteiger partial charge on any atom is -0.325 e. The van der Waals surface area contributed by atoms with Crippen molar-refractivity contribution in [2.75, 3.05) is 11.1 Å². The molecule has 1 N–H and O–H groups in total. The molecule has 0 radical (unpaired) electrons. The van der Waals surface area contributed by atoms with Crippen molar-refractivity contribution in [2.24, 2.45) is 7.05 Å². The number of rotatable bonds is 5. The van der Waals surface area contributed by atoms with Crippen molar-refractivity contribution < 1.29 is 4.79 Å². The van der Waals surface area contributed by atoms with Crippen LogP contribution in [0, 0.1) is 0 Å². The SMILES string of the molecule is Cn1c(SCC(=O)Nc2ccc(Cl)cc2)nc2c(-c3ccccc3)csc2c1=O. The van der Waals surface area contributed by atoms with E-state index in [1.807, 2.05) is 35.7 Å². The molecule has 0 unspecified atom stereocenters. The number of amides is 1. The maximum atomic E-state index is 12.8. The largest absolute Gasteiger partial charge is 0.325 e. The zero-order chi connectivity index (χ0) is 20.4. The second-order valence-electron chi connectivity index (χ2n) is 6.30. The summed E-state index contributed by atoms with van der Waals surface area (Å²) in [7, 11) is 1.68. The van der Waals surface area contributed by atoms with Crippen LogP contribution in [-0.4, -0.2) is 21.2 Å². The first-order valence-corrected chi connectivity index (χ1v) is 11.0. The van der Waals surface area contributed by atoms with Gasteiger partial charge in [-0.25, -0.2) is 4.98 Å². The standard InChI is InChI=1S/C21H16ClN3O2S2/c1-25-20(27)19-18(16(11-28-19)13-5-3-2-4-6-13)24-21(25)29-12-17(26)23-15-9-7-14(22)8-10-15/h2-11H,12H2,1H3,(H,23,26). The Morgan fingerprint density at radius 3 is 2.62 bits per heavy atom. The molecule has 4 aromatic rings. The quantitative estimate of drug-likeness (QED) is 0.348. The van der Waals surface area contributed by atoms with Crippen molar-refractivity contribution in [3.05, 3.63) is 75.4 Å².